The van der Waals surface area contributed by atoms with Crippen LogP contribution in [0.25, 0.3) is 0 Å². The fourth-order valence-corrected chi connectivity index (χ4v) is 4.35. The number of anilines is 1. The van der Waals surface area contributed by atoms with E-state index in [4.69, 9.17) is 0 Å². The molecule has 3 aromatic rings. The van der Waals surface area contributed by atoms with Gasteiger partial charge in [0.2, 0.25) is 10.0 Å². The van der Waals surface area contributed by atoms with Gasteiger partial charge in [0.15, 0.2) is 0 Å². The first-order chi connectivity index (χ1) is 14.8. The van der Waals surface area contributed by atoms with Crippen LogP contribution in [0.3, 0.4) is 0 Å². The van der Waals surface area contributed by atoms with E-state index in [0.29, 0.717) is 11.3 Å². The summed E-state index contributed by atoms with van der Waals surface area (Å²) in [5.41, 5.74) is 4.03. The minimum atomic E-state index is -3.49. The quantitative estimate of drug-likeness (QED) is 0.549. The predicted octanol–water partition coefficient (Wildman–Crippen LogP) is 4.84. The van der Waals surface area contributed by atoms with E-state index in [2.05, 4.69) is 5.32 Å². The minimum absolute atomic E-state index is 0.0815. The summed E-state index contributed by atoms with van der Waals surface area (Å²) >= 11 is 0. The molecule has 31 heavy (non-hydrogen) atoms. The van der Waals surface area contributed by atoms with E-state index in [0.717, 1.165) is 23.1 Å². The fraction of sp³-hybridized carbons (Fsp3) is 0.240. The number of hydrogen-bond donors (Lipinski definition) is 1. The SMILES string of the molecule is CC[C@H](NC(=O)c1ccc(N(Cc2ccccc2C)S(C)(=O)=O)cc1)c1ccccc1. The summed E-state index contributed by atoms with van der Waals surface area (Å²) in [6.07, 6.45) is 1.96. The average molecular weight is 437 g/mol. The molecule has 0 fully saturated rings. The van der Waals surface area contributed by atoms with Gasteiger partial charge in [-0.3, -0.25) is 9.10 Å². The second-order valence-electron chi connectivity index (χ2n) is 7.59. The van der Waals surface area contributed by atoms with Crippen LogP contribution in [0.15, 0.2) is 78.9 Å². The molecule has 1 N–H and O–H groups in total. The predicted molar refractivity (Wildman–Crippen MR) is 126 cm³/mol. The van der Waals surface area contributed by atoms with Gasteiger partial charge in [0.05, 0.1) is 24.5 Å². The third kappa shape index (κ3) is 5.73. The van der Waals surface area contributed by atoms with Gasteiger partial charge in [-0.1, -0.05) is 61.5 Å². The maximum atomic E-state index is 12.8. The molecule has 1 atom stereocenters. The van der Waals surface area contributed by atoms with Gasteiger partial charge >= 0.3 is 0 Å². The van der Waals surface area contributed by atoms with Crippen molar-refractivity contribution in [1.29, 1.82) is 0 Å². The van der Waals surface area contributed by atoms with Crippen molar-refractivity contribution in [1.82, 2.24) is 5.32 Å². The van der Waals surface area contributed by atoms with Crippen LogP contribution >= 0.6 is 0 Å². The number of aryl methyl sites for hydroxylation is 1. The van der Waals surface area contributed by atoms with Gasteiger partial charge in [-0.25, -0.2) is 8.42 Å². The highest BCUT2D eigenvalue weighted by Crippen LogP contribution is 2.23. The largest absolute Gasteiger partial charge is 0.345 e. The van der Waals surface area contributed by atoms with Gasteiger partial charge in [-0.2, -0.15) is 0 Å². The fourth-order valence-electron chi connectivity index (χ4n) is 3.47. The van der Waals surface area contributed by atoms with Gasteiger partial charge in [0.25, 0.3) is 5.91 Å². The number of sulfonamides is 1. The Morgan fingerprint density at radius 1 is 0.935 bits per heavy atom. The van der Waals surface area contributed by atoms with Crippen LogP contribution < -0.4 is 9.62 Å². The molecule has 0 spiro atoms. The van der Waals surface area contributed by atoms with E-state index in [-0.39, 0.29) is 18.5 Å². The van der Waals surface area contributed by atoms with Crippen LogP contribution in [0, 0.1) is 6.92 Å². The topological polar surface area (TPSA) is 66.5 Å². The molecule has 0 heterocycles. The van der Waals surface area contributed by atoms with Crippen molar-refractivity contribution in [2.24, 2.45) is 0 Å². The van der Waals surface area contributed by atoms with Crippen LogP contribution in [-0.4, -0.2) is 20.6 Å². The van der Waals surface area contributed by atoms with Crippen molar-refractivity contribution >= 4 is 21.6 Å². The van der Waals surface area contributed by atoms with Crippen molar-refractivity contribution < 1.29 is 13.2 Å². The van der Waals surface area contributed by atoms with E-state index < -0.39 is 10.0 Å². The number of carbonyl (C=O) groups excluding carboxylic acids is 1. The van der Waals surface area contributed by atoms with Gasteiger partial charge in [-0.05, 0) is 54.3 Å². The first-order valence-electron chi connectivity index (χ1n) is 10.3. The number of hydrogen-bond acceptors (Lipinski definition) is 3. The van der Waals surface area contributed by atoms with Gasteiger partial charge in [0.1, 0.15) is 0 Å². The van der Waals surface area contributed by atoms with Crippen LogP contribution in [0.4, 0.5) is 5.69 Å². The van der Waals surface area contributed by atoms with Crippen molar-refractivity contribution in [3.8, 4) is 0 Å². The highest BCUT2D eigenvalue weighted by molar-refractivity contribution is 7.92. The monoisotopic (exact) mass is 436 g/mol. The van der Waals surface area contributed by atoms with E-state index >= 15 is 0 Å². The minimum Gasteiger partial charge on any atom is -0.345 e. The molecule has 3 rings (SSSR count). The first-order valence-corrected chi connectivity index (χ1v) is 12.1. The van der Waals surface area contributed by atoms with Crippen molar-refractivity contribution in [2.75, 3.05) is 10.6 Å². The average Bonchev–Trinajstić information content (AvgIpc) is 2.76. The first kappa shape index (κ1) is 22.6. The van der Waals surface area contributed by atoms with Gasteiger partial charge < -0.3 is 5.32 Å². The lowest BCUT2D eigenvalue weighted by Gasteiger charge is -2.24. The molecule has 0 unspecified atom stereocenters. The van der Waals surface area contributed by atoms with E-state index in [1.165, 1.54) is 10.6 Å². The number of amides is 1. The maximum Gasteiger partial charge on any atom is 0.251 e. The van der Waals surface area contributed by atoms with Gasteiger partial charge in [0, 0.05) is 5.56 Å². The van der Waals surface area contributed by atoms with Crippen LogP contribution in [0.5, 0.6) is 0 Å². The van der Waals surface area contributed by atoms with Crippen molar-refractivity contribution in [2.45, 2.75) is 32.9 Å². The Morgan fingerprint density at radius 3 is 2.13 bits per heavy atom. The molecule has 0 aliphatic heterocycles. The zero-order chi connectivity index (χ0) is 22.4. The molecule has 0 saturated carbocycles. The van der Waals surface area contributed by atoms with Gasteiger partial charge in [-0.15, -0.1) is 0 Å². The summed E-state index contributed by atoms with van der Waals surface area (Å²) in [5.74, 6) is -0.188. The Balaban J connectivity index is 1.79. The number of rotatable bonds is 8. The lowest BCUT2D eigenvalue weighted by atomic mass is 10.0. The lowest BCUT2D eigenvalue weighted by molar-refractivity contribution is 0.0935. The molecule has 0 bridgehead atoms. The molecule has 1 amide bonds. The molecule has 162 valence electrons. The highest BCUT2D eigenvalue weighted by atomic mass is 32.2. The molecule has 6 heteroatoms. The van der Waals surface area contributed by atoms with Crippen molar-refractivity contribution in [3.63, 3.8) is 0 Å². The molecule has 0 radical (unpaired) electrons. The normalized spacial score (nSPS) is 12.2. The van der Waals surface area contributed by atoms with Crippen LogP contribution in [0.1, 0.15) is 46.4 Å². The Morgan fingerprint density at radius 2 is 1.55 bits per heavy atom. The molecule has 3 aromatic carbocycles. The second kappa shape index (κ2) is 9.79. The number of carbonyl (C=O) groups is 1. The third-order valence-electron chi connectivity index (χ3n) is 5.31. The maximum absolute atomic E-state index is 12.8. The molecule has 0 aliphatic rings. The van der Waals surface area contributed by atoms with Crippen molar-refractivity contribution in [3.05, 3.63) is 101 Å². The van der Waals surface area contributed by atoms with E-state index in [1.54, 1.807) is 24.3 Å². The molecule has 0 aromatic heterocycles. The molecular formula is C25H28N2O3S. The second-order valence-corrected chi connectivity index (χ2v) is 9.49. The smallest absolute Gasteiger partial charge is 0.251 e. The summed E-state index contributed by atoms with van der Waals surface area (Å²) in [5, 5.41) is 3.05. The molecule has 5 nitrogen and oxygen atoms in total. The summed E-state index contributed by atoms with van der Waals surface area (Å²) in [6, 6.07) is 24.1. The summed E-state index contributed by atoms with van der Waals surface area (Å²) in [6.45, 7) is 4.22. The standard InChI is InChI=1S/C25H28N2O3S/c1-4-24(20-11-6-5-7-12-20)26-25(28)21-14-16-23(17-15-21)27(31(3,29)30)18-22-13-9-8-10-19(22)2/h5-17,24H,4,18H2,1-3H3,(H,26,28)/t24-/m0/s1. The summed E-state index contributed by atoms with van der Waals surface area (Å²) < 4.78 is 26.3. The Labute approximate surface area is 184 Å². The lowest BCUT2D eigenvalue weighted by Crippen LogP contribution is -2.30. The molecule has 0 aliphatic carbocycles. The number of nitrogens with zero attached hydrogens (tertiary/aromatic N) is 1. The van der Waals surface area contributed by atoms with Crippen LogP contribution in [0.2, 0.25) is 0 Å². The number of benzene rings is 3. The van der Waals surface area contributed by atoms with E-state index in [1.807, 2.05) is 68.4 Å². The van der Waals surface area contributed by atoms with Crippen LogP contribution in [-0.2, 0) is 16.6 Å². The number of nitrogens with one attached hydrogen (secondary N) is 1. The highest BCUT2D eigenvalue weighted by Gasteiger charge is 2.20. The zero-order valence-electron chi connectivity index (χ0n) is 18.1. The summed E-state index contributed by atoms with van der Waals surface area (Å²) in [4.78, 5) is 12.8. The Kier molecular flexibility index (Phi) is 7.13. The Hall–Kier alpha value is -3.12. The summed E-state index contributed by atoms with van der Waals surface area (Å²) in [7, 11) is -3.49. The Bertz CT molecular complexity index is 1130. The third-order valence-corrected chi connectivity index (χ3v) is 6.45. The molecule has 0 saturated heterocycles. The zero-order valence-corrected chi connectivity index (χ0v) is 18.9. The molecular weight excluding hydrogens is 408 g/mol. The van der Waals surface area contributed by atoms with E-state index in [9.17, 15) is 13.2 Å².